The monoisotopic (exact) mass is 742 g/mol. The van der Waals surface area contributed by atoms with Crippen LogP contribution in [-0.2, 0) is 25.7 Å². The Kier molecular flexibility index (Phi) is 9.69. The van der Waals surface area contributed by atoms with Crippen LogP contribution in [0.25, 0.3) is 21.5 Å². The van der Waals surface area contributed by atoms with Crippen LogP contribution in [0.4, 0.5) is 0 Å². The quantitative estimate of drug-likeness (QED) is 0.0569. The van der Waals surface area contributed by atoms with Gasteiger partial charge < -0.3 is 30.6 Å². The molecule has 0 aliphatic heterocycles. The van der Waals surface area contributed by atoms with Crippen molar-refractivity contribution in [2.75, 3.05) is 0 Å². The summed E-state index contributed by atoms with van der Waals surface area (Å²) >= 11 is 0. The number of aromatic hydroxyl groups is 6. The zero-order valence-corrected chi connectivity index (χ0v) is 30.2. The third-order valence-electron chi connectivity index (χ3n) is 10.2. The average Bonchev–Trinajstić information content (AvgIpc) is 3.20. The van der Waals surface area contributed by atoms with Crippen LogP contribution in [-0.4, -0.2) is 30.6 Å². The third kappa shape index (κ3) is 7.67. The molecule has 8 aromatic rings. The van der Waals surface area contributed by atoms with Crippen LogP contribution in [0.5, 0.6) is 46.0 Å². The van der Waals surface area contributed by atoms with Crippen molar-refractivity contribution in [2.24, 2.45) is 0 Å². The minimum atomic E-state index is 0.163. The molecule has 0 bridgehead atoms. The first kappa shape index (κ1) is 35.7. The van der Waals surface area contributed by atoms with Crippen LogP contribution >= 0.6 is 0 Å². The van der Waals surface area contributed by atoms with E-state index in [4.69, 9.17) is 9.78 Å². The van der Waals surface area contributed by atoms with E-state index in [9.17, 15) is 30.6 Å². The molecule has 56 heavy (non-hydrogen) atoms. The van der Waals surface area contributed by atoms with Gasteiger partial charge in [-0.1, -0.05) is 66.7 Å². The average molecular weight is 743 g/mol. The third-order valence-corrected chi connectivity index (χ3v) is 10.2. The van der Waals surface area contributed by atoms with Crippen LogP contribution in [0.2, 0.25) is 0 Å². The summed E-state index contributed by atoms with van der Waals surface area (Å²) in [6.45, 7) is 0. The van der Waals surface area contributed by atoms with E-state index in [1.165, 1.54) is 0 Å². The highest BCUT2D eigenvalue weighted by Crippen LogP contribution is 2.37. The topological polar surface area (TPSA) is 140 Å². The largest absolute Gasteiger partial charge is 0.508 e. The maximum Gasteiger partial charge on any atom is 0.178 e. The first-order chi connectivity index (χ1) is 27.2. The zero-order chi connectivity index (χ0) is 38.8. The summed E-state index contributed by atoms with van der Waals surface area (Å²) < 4.78 is 0. The molecule has 0 saturated heterocycles. The molecule has 8 nitrogen and oxygen atoms in total. The van der Waals surface area contributed by atoms with Gasteiger partial charge in [-0.25, -0.2) is 0 Å². The van der Waals surface area contributed by atoms with Gasteiger partial charge in [0, 0.05) is 42.4 Å². The molecule has 0 spiro atoms. The molecule has 6 N–H and O–H groups in total. The number of hydrogen-bond donors (Lipinski definition) is 6. The first-order valence-corrected chi connectivity index (χ1v) is 18.2. The van der Waals surface area contributed by atoms with Crippen LogP contribution < -0.4 is 9.78 Å². The molecule has 0 aromatic heterocycles. The van der Waals surface area contributed by atoms with E-state index in [2.05, 4.69) is 0 Å². The van der Waals surface area contributed by atoms with Crippen molar-refractivity contribution in [1.82, 2.24) is 0 Å². The molecule has 0 atom stereocenters. The number of phenolic OH excluding ortho intramolecular Hbond substituents is 6. The number of fused-ring (bicyclic) bond motifs is 2. The first-order valence-electron chi connectivity index (χ1n) is 18.2. The normalized spacial score (nSPS) is 11.2. The zero-order valence-electron chi connectivity index (χ0n) is 30.2. The summed E-state index contributed by atoms with van der Waals surface area (Å²) in [5.74, 6) is 2.01. The summed E-state index contributed by atoms with van der Waals surface area (Å²) in [4.78, 5) is 11.2. The lowest BCUT2D eigenvalue weighted by molar-refractivity contribution is -0.0999. The molecule has 0 radical (unpaired) electrons. The Bertz CT molecular complexity index is 2670. The fourth-order valence-electron chi connectivity index (χ4n) is 7.14. The highest BCUT2D eigenvalue weighted by atomic mass is 17.2. The molecule has 0 aliphatic carbocycles. The van der Waals surface area contributed by atoms with E-state index >= 15 is 0 Å². The van der Waals surface area contributed by atoms with Gasteiger partial charge in [0.05, 0.1) is 0 Å². The molecule has 278 valence electrons. The number of rotatable bonds is 11. The van der Waals surface area contributed by atoms with Gasteiger partial charge in [-0.15, -0.1) is 0 Å². The van der Waals surface area contributed by atoms with Crippen molar-refractivity contribution in [3.63, 3.8) is 0 Å². The summed E-state index contributed by atoms with van der Waals surface area (Å²) in [6.07, 6.45) is 1.83. The van der Waals surface area contributed by atoms with Gasteiger partial charge in [-0.05, 0) is 128 Å². The highest BCUT2D eigenvalue weighted by Gasteiger charge is 2.16. The van der Waals surface area contributed by atoms with Crippen molar-refractivity contribution in [1.29, 1.82) is 0 Å². The van der Waals surface area contributed by atoms with Crippen molar-refractivity contribution in [3.05, 3.63) is 190 Å². The van der Waals surface area contributed by atoms with E-state index in [1.54, 1.807) is 78.9 Å². The van der Waals surface area contributed by atoms with Crippen molar-refractivity contribution in [3.8, 4) is 46.0 Å². The molecule has 0 saturated carbocycles. The fraction of sp³-hybridized carbons (Fsp3) is 0.0833. The molecular formula is C48H38O8. The summed E-state index contributed by atoms with van der Waals surface area (Å²) in [7, 11) is 0. The van der Waals surface area contributed by atoms with E-state index in [1.807, 2.05) is 66.7 Å². The van der Waals surface area contributed by atoms with Gasteiger partial charge in [0.1, 0.15) is 34.5 Å². The van der Waals surface area contributed by atoms with Gasteiger partial charge in [-0.2, -0.15) is 0 Å². The van der Waals surface area contributed by atoms with Gasteiger partial charge in [-0.3, -0.25) is 9.78 Å². The van der Waals surface area contributed by atoms with Crippen LogP contribution in [0.1, 0.15) is 44.5 Å². The molecule has 8 rings (SSSR count). The number of phenols is 6. The molecular weight excluding hydrogens is 705 g/mol. The lowest BCUT2D eigenvalue weighted by Crippen LogP contribution is -2.01. The van der Waals surface area contributed by atoms with Gasteiger partial charge >= 0.3 is 0 Å². The molecule has 8 heteroatoms. The van der Waals surface area contributed by atoms with Crippen LogP contribution in [0.3, 0.4) is 0 Å². The number of hydrogen-bond acceptors (Lipinski definition) is 8. The van der Waals surface area contributed by atoms with E-state index in [0.29, 0.717) is 42.7 Å². The van der Waals surface area contributed by atoms with E-state index in [0.717, 1.165) is 60.5 Å². The van der Waals surface area contributed by atoms with E-state index < -0.39 is 0 Å². The number of benzene rings is 8. The van der Waals surface area contributed by atoms with Gasteiger partial charge in [0.15, 0.2) is 11.5 Å². The molecule has 8 aromatic carbocycles. The van der Waals surface area contributed by atoms with Crippen molar-refractivity contribution >= 4 is 21.5 Å². The Morgan fingerprint density at radius 1 is 0.321 bits per heavy atom. The van der Waals surface area contributed by atoms with Crippen LogP contribution in [0.15, 0.2) is 146 Å². The smallest absolute Gasteiger partial charge is 0.178 e. The second-order valence-corrected chi connectivity index (χ2v) is 14.0. The van der Waals surface area contributed by atoms with Gasteiger partial charge in [0.2, 0.25) is 0 Å². The SMILES string of the molecule is Oc1ccc(Cc2c(O)ccc3cc(O)c(Cc4ccc(OOc5ccc(Cc6c(O)ccc7c(Cc8ccc(O)cc8)c(O)ccc67)cc5)cc4)cc23)cc1. The standard InChI is InChI=1S/C48H38O8/c49-35-10-1-30(2-11-35)24-42-39-18-22-47(53)43(40(39)19-21-46(42)52)25-32-7-16-38(17-8-32)56-55-37-14-5-29(6-15-37)23-34-27-41-33(28-48(34)54)9-20-45(51)44(41)26-31-3-12-36(50)13-4-31/h1-22,27-28,49-54H,23-26H2. The van der Waals surface area contributed by atoms with E-state index in [-0.39, 0.29) is 34.5 Å². The summed E-state index contributed by atoms with van der Waals surface area (Å²) in [5.41, 5.74) is 6.70. The second-order valence-electron chi connectivity index (χ2n) is 14.0. The fourth-order valence-corrected chi connectivity index (χ4v) is 7.14. The molecule has 0 fully saturated rings. The Hall–Kier alpha value is -7.32. The highest BCUT2D eigenvalue weighted by molar-refractivity contribution is 5.93. The molecule has 0 aliphatic rings. The molecule has 0 unspecified atom stereocenters. The minimum absolute atomic E-state index is 0.163. The predicted molar refractivity (Wildman–Crippen MR) is 216 cm³/mol. The Balaban J connectivity index is 0.926. The Morgan fingerprint density at radius 3 is 1.14 bits per heavy atom. The molecule has 0 amide bonds. The Labute approximate surface area is 322 Å². The maximum atomic E-state index is 10.9. The second kappa shape index (κ2) is 15.2. The van der Waals surface area contributed by atoms with Crippen molar-refractivity contribution in [2.45, 2.75) is 25.7 Å². The minimum Gasteiger partial charge on any atom is -0.508 e. The summed E-state index contributed by atoms with van der Waals surface area (Å²) in [6, 6.07) is 42.6. The van der Waals surface area contributed by atoms with Crippen molar-refractivity contribution < 1.29 is 40.4 Å². The lowest BCUT2D eigenvalue weighted by atomic mass is 9.92. The lowest BCUT2D eigenvalue weighted by Gasteiger charge is -2.14. The van der Waals surface area contributed by atoms with Gasteiger partial charge in [0.25, 0.3) is 0 Å². The predicted octanol–water partition coefficient (Wildman–Crippen LogP) is 9.96. The summed E-state index contributed by atoms with van der Waals surface area (Å²) in [5, 5.41) is 66.0. The molecule has 0 heterocycles. The maximum absolute atomic E-state index is 10.9. The Morgan fingerprint density at radius 2 is 0.696 bits per heavy atom. The van der Waals surface area contributed by atoms with Crippen LogP contribution in [0, 0.1) is 0 Å².